The van der Waals surface area contributed by atoms with E-state index in [1.165, 1.54) is 11.1 Å². The number of ether oxygens (including phenoxy) is 2. The summed E-state index contributed by atoms with van der Waals surface area (Å²) in [5, 5.41) is 14.9. The molecule has 1 saturated carbocycles. The molecule has 8 nitrogen and oxygen atoms in total. The Morgan fingerprint density at radius 2 is 1.57 bits per heavy atom. The van der Waals surface area contributed by atoms with Crippen LogP contribution >= 0.6 is 0 Å². The zero-order chi connectivity index (χ0) is 24.6. The monoisotopic (exact) mass is 480 g/mol. The third kappa shape index (κ3) is 6.19. The van der Waals surface area contributed by atoms with Gasteiger partial charge in [-0.1, -0.05) is 67.8 Å². The number of aliphatic carboxylic acids is 1. The summed E-state index contributed by atoms with van der Waals surface area (Å²) in [5.74, 6) is -1.78. The van der Waals surface area contributed by atoms with Gasteiger partial charge < -0.3 is 25.2 Å². The van der Waals surface area contributed by atoms with E-state index in [1.54, 1.807) is 0 Å². The van der Waals surface area contributed by atoms with Crippen LogP contribution in [0.15, 0.2) is 48.5 Å². The standard InChI is InChI=1S/C27H32N2O6/c30-25(29-24-13-3-1-2-12-22(24)26(31)32)17-34-15-14-28-27(33)35-16-23-20-10-6-4-8-18(20)19-9-5-7-11-21(19)23/h4-11,22-24H,1-3,12-17H2,(H,28,33)(H,29,30)(H,31,32). The Balaban J connectivity index is 1.16. The number of hydrogen-bond donors (Lipinski definition) is 3. The third-order valence-corrected chi connectivity index (χ3v) is 6.77. The molecule has 0 spiro atoms. The first-order chi connectivity index (χ1) is 17.0. The average Bonchev–Trinajstić information content (AvgIpc) is 2.98. The molecule has 186 valence electrons. The van der Waals surface area contributed by atoms with Crippen LogP contribution in [0.1, 0.15) is 49.1 Å². The number of hydrogen-bond acceptors (Lipinski definition) is 5. The minimum absolute atomic E-state index is 0.00767. The minimum atomic E-state index is -0.870. The fraction of sp³-hybridized carbons (Fsp3) is 0.444. The molecule has 2 aromatic rings. The zero-order valence-electron chi connectivity index (χ0n) is 19.7. The molecule has 2 aliphatic rings. The summed E-state index contributed by atoms with van der Waals surface area (Å²) in [5.41, 5.74) is 4.63. The van der Waals surface area contributed by atoms with Gasteiger partial charge in [-0.05, 0) is 35.1 Å². The van der Waals surface area contributed by atoms with Crippen LogP contribution in [0.4, 0.5) is 4.79 Å². The van der Waals surface area contributed by atoms with Crippen molar-refractivity contribution in [2.24, 2.45) is 5.92 Å². The van der Waals surface area contributed by atoms with E-state index in [4.69, 9.17) is 9.47 Å². The molecule has 2 aromatic carbocycles. The maximum Gasteiger partial charge on any atom is 0.407 e. The van der Waals surface area contributed by atoms with E-state index in [9.17, 15) is 19.5 Å². The lowest BCUT2D eigenvalue weighted by atomic mass is 9.95. The second-order valence-corrected chi connectivity index (χ2v) is 9.06. The largest absolute Gasteiger partial charge is 0.481 e. The number of benzene rings is 2. The molecule has 2 unspecified atom stereocenters. The minimum Gasteiger partial charge on any atom is -0.481 e. The quantitative estimate of drug-likeness (QED) is 0.373. The van der Waals surface area contributed by atoms with Gasteiger partial charge in [-0.15, -0.1) is 0 Å². The molecule has 0 aromatic heterocycles. The first-order valence-corrected chi connectivity index (χ1v) is 12.2. The van der Waals surface area contributed by atoms with E-state index >= 15 is 0 Å². The van der Waals surface area contributed by atoms with Crippen LogP contribution in [0.3, 0.4) is 0 Å². The van der Waals surface area contributed by atoms with Crippen LogP contribution in [0, 0.1) is 5.92 Å². The van der Waals surface area contributed by atoms with E-state index in [-0.39, 0.29) is 44.2 Å². The highest BCUT2D eigenvalue weighted by Crippen LogP contribution is 2.44. The van der Waals surface area contributed by atoms with Gasteiger partial charge in [0, 0.05) is 18.5 Å². The summed E-state index contributed by atoms with van der Waals surface area (Å²) in [4.78, 5) is 35.9. The fourth-order valence-electron chi connectivity index (χ4n) is 5.06. The van der Waals surface area contributed by atoms with Crippen LogP contribution in [-0.4, -0.2) is 55.5 Å². The lowest BCUT2D eigenvalue weighted by Crippen LogP contribution is -2.44. The summed E-state index contributed by atoms with van der Waals surface area (Å²) in [6.07, 6.45) is 3.44. The summed E-state index contributed by atoms with van der Waals surface area (Å²) in [6.45, 7) is 0.389. The van der Waals surface area contributed by atoms with Crippen LogP contribution in [0.5, 0.6) is 0 Å². The number of amides is 2. The van der Waals surface area contributed by atoms with Gasteiger partial charge in [-0.25, -0.2) is 4.79 Å². The van der Waals surface area contributed by atoms with Crippen LogP contribution in [0.25, 0.3) is 11.1 Å². The average molecular weight is 481 g/mol. The predicted molar refractivity (Wildman–Crippen MR) is 130 cm³/mol. The second-order valence-electron chi connectivity index (χ2n) is 9.06. The Bertz CT molecular complexity index is 1010. The normalized spacial score (nSPS) is 19.2. The van der Waals surface area contributed by atoms with Gasteiger partial charge in [0.25, 0.3) is 0 Å². The first kappa shape index (κ1) is 24.7. The Kier molecular flexibility index (Phi) is 8.36. The molecular formula is C27H32N2O6. The highest BCUT2D eigenvalue weighted by Gasteiger charge is 2.31. The number of alkyl carbamates (subject to hydrolysis) is 1. The van der Waals surface area contributed by atoms with Crippen molar-refractivity contribution in [3.8, 4) is 11.1 Å². The number of nitrogens with one attached hydrogen (secondary N) is 2. The summed E-state index contributed by atoms with van der Waals surface area (Å²) >= 11 is 0. The van der Waals surface area contributed by atoms with E-state index in [0.29, 0.717) is 12.8 Å². The highest BCUT2D eigenvalue weighted by molar-refractivity contribution is 5.80. The molecule has 4 rings (SSSR count). The summed E-state index contributed by atoms with van der Waals surface area (Å²) in [7, 11) is 0. The SMILES string of the molecule is O=C(COCCNC(=O)OCC1c2ccccc2-c2ccccc21)NC1CCCCCC1C(=O)O. The number of carboxylic acid groups (broad SMARTS) is 1. The van der Waals surface area contributed by atoms with Gasteiger partial charge >= 0.3 is 12.1 Å². The van der Waals surface area contributed by atoms with Crippen molar-refractivity contribution in [2.75, 3.05) is 26.4 Å². The van der Waals surface area contributed by atoms with Crippen molar-refractivity contribution >= 4 is 18.0 Å². The number of carbonyl (C=O) groups excluding carboxylic acids is 2. The smallest absolute Gasteiger partial charge is 0.407 e. The lowest BCUT2D eigenvalue weighted by molar-refractivity contribution is -0.143. The molecule has 0 bridgehead atoms. The predicted octanol–water partition coefficient (Wildman–Crippen LogP) is 3.69. The van der Waals surface area contributed by atoms with Gasteiger partial charge in [0.1, 0.15) is 13.2 Å². The van der Waals surface area contributed by atoms with Gasteiger partial charge in [-0.2, -0.15) is 0 Å². The van der Waals surface area contributed by atoms with Crippen molar-refractivity contribution in [1.29, 1.82) is 0 Å². The number of carbonyl (C=O) groups is 3. The number of rotatable bonds is 9. The van der Waals surface area contributed by atoms with Crippen molar-refractivity contribution < 1.29 is 29.0 Å². The molecule has 0 radical (unpaired) electrons. The molecule has 2 aliphatic carbocycles. The number of fused-ring (bicyclic) bond motifs is 3. The Labute approximate surface area is 205 Å². The van der Waals surface area contributed by atoms with Crippen molar-refractivity contribution in [3.05, 3.63) is 59.7 Å². The van der Waals surface area contributed by atoms with E-state index < -0.39 is 18.0 Å². The molecule has 1 fully saturated rings. The molecule has 0 aliphatic heterocycles. The van der Waals surface area contributed by atoms with Gasteiger partial charge in [0.05, 0.1) is 12.5 Å². The van der Waals surface area contributed by atoms with Crippen LogP contribution < -0.4 is 10.6 Å². The van der Waals surface area contributed by atoms with Crippen LogP contribution in [-0.2, 0) is 19.1 Å². The molecule has 2 atom stereocenters. The summed E-state index contributed by atoms with van der Waals surface area (Å²) in [6, 6.07) is 15.9. The zero-order valence-corrected chi connectivity index (χ0v) is 19.7. The molecule has 0 saturated heterocycles. The fourth-order valence-corrected chi connectivity index (χ4v) is 5.06. The van der Waals surface area contributed by atoms with E-state index in [2.05, 4.69) is 34.9 Å². The molecule has 35 heavy (non-hydrogen) atoms. The van der Waals surface area contributed by atoms with Gasteiger partial charge in [0.15, 0.2) is 0 Å². The molecule has 2 amide bonds. The lowest BCUT2D eigenvalue weighted by Gasteiger charge is -2.22. The maximum atomic E-state index is 12.2. The third-order valence-electron chi connectivity index (χ3n) is 6.77. The molecule has 0 heterocycles. The van der Waals surface area contributed by atoms with Gasteiger partial charge in [0.2, 0.25) is 5.91 Å². The Morgan fingerprint density at radius 3 is 2.26 bits per heavy atom. The Morgan fingerprint density at radius 1 is 0.914 bits per heavy atom. The van der Waals surface area contributed by atoms with Crippen LogP contribution in [0.2, 0.25) is 0 Å². The van der Waals surface area contributed by atoms with E-state index in [1.807, 2.05) is 24.3 Å². The second kappa shape index (κ2) is 11.8. The van der Waals surface area contributed by atoms with Crippen molar-refractivity contribution in [2.45, 2.75) is 44.1 Å². The molecular weight excluding hydrogens is 448 g/mol. The van der Waals surface area contributed by atoms with Crippen molar-refractivity contribution in [1.82, 2.24) is 10.6 Å². The number of carboxylic acids is 1. The maximum absolute atomic E-state index is 12.2. The highest BCUT2D eigenvalue weighted by atomic mass is 16.5. The summed E-state index contributed by atoms with van der Waals surface area (Å²) < 4.78 is 10.8. The Hall–Kier alpha value is -3.39. The topological polar surface area (TPSA) is 114 Å². The molecule has 8 heteroatoms. The van der Waals surface area contributed by atoms with Gasteiger partial charge in [-0.3, -0.25) is 9.59 Å². The first-order valence-electron chi connectivity index (χ1n) is 12.2. The van der Waals surface area contributed by atoms with Crippen molar-refractivity contribution in [3.63, 3.8) is 0 Å². The van der Waals surface area contributed by atoms with E-state index in [0.717, 1.165) is 30.4 Å². The molecule has 3 N–H and O–H groups in total.